The second-order valence-corrected chi connectivity index (χ2v) is 8.87. The standard InChI is InChI=1S/C20H21N3O4S/c24-14-18(15-6-2-1-3-7-15)20(25)22-10-16-12-23(13-17(16)11-22)28(26,27)19-8-4-5-9-21-19/h1-9,18,24H,10-14H2/t18-/m1/s1. The molecule has 0 saturated carbocycles. The highest BCUT2D eigenvalue weighted by Gasteiger charge is 2.39. The molecule has 146 valence electrons. The molecular weight excluding hydrogens is 378 g/mol. The summed E-state index contributed by atoms with van der Waals surface area (Å²) >= 11 is 0. The van der Waals surface area contributed by atoms with E-state index in [4.69, 9.17) is 0 Å². The van der Waals surface area contributed by atoms with Gasteiger partial charge in [-0.05, 0) is 28.8 Å². The smallest absolute Gasteiger partial charge is 0.261 e. The molecule has 28 heavy (non-hydrogen) atoms. The third-order valence-electron chi connectivity index (χ3n) is 5.23. The van der Waals surface area contributed by atoms with Crippen LogP contribution in [0.1, 0.15) is 11.5 Å². The lowest BCUT2D eigenvalue weighted by atomic mass is 9.98. The number of amides is 1. The Balaban J connectivity index is 1.44. The summed E-state index contributed by atoms with van der Waals surface area (Å²) in [6.07, 6.45) is 1.46. The Labute approximate surface area is 164 Å². The van der Waals surface area contributed by atoms with Crippen molar-refractivity contribution in [1.82, 2.24) is 14.2 Å². The van der Waals surface area contributed by atoms with E-state index < -0.39 is 15.9 Å². The zero-order chi connectivity index (χ0) is 19.7. The lowest BCUT2D eigenvalue weighted by molar-refractivity contribution is -0.132. The number of rotatable bonds is 5. The molecule has 1 amide bonds. The summed E-state index contributed by atoms with van der Waals surface area (Å²) in [6.45, 7) is 1.07. The van der Waals surface area contributed by atoms with Crippen LogP contribution in [0.25, 0.3) is 0 Å². The zero-order valence-electron chi connectivity index (χ0n) is 15.2. The lowest BCUT2D eigenvalue weighted by Crippen LogP contribution is -2.39. The number of aliphatic hydroxyl groups excluding tert-OH is 1. The first kappa shape index (κ1) is 18.8. The SMILES string of the molecule is O=C([C@H](CO)c1ccccc1)N1CC2=C(C1)CN(S(=O)(=O)c1ccccn1)C2. The maximum Gasteiger partial charge on any atom is 0.261 e. The van der Waals surface area contributed by atoms with Crippen molar-refractivity contribution in [3.63, 3.8) is 0 Å². The predicted molar refractivity (Wildman–Crippen MR) is 103 cm³/mol. The van der Waals surface area contributed by atoms with E-state index in [0.29, 0.717) is 13.1 Å². The Hall–Kier alpha value is -2.55. The molecule has 0 radical (unpaired) electrons. The van der Waals surface area contributed by atoms with Gasteiger partial charge in [0.15, 0.2) is 5.03 Å². The fourth-order valence-electron chi connectivity index (χ4n) is 3.74. The maximum atomic E-state index is 12.9. The summed E-state index contributed by atoms with van der Waals surface area (Å²) in [5, 5.41) is 9.77. The van der Waals surface area contributed by atoms with E-state index in [2.05, 4.69) is 4.98 Å². The van der Waals surface area contributed by atoms with E-state index in [1.807, 2.05) is 30.3 Å². The number of aliphatic hydroxyl groups is 1. The van der Waals surface area contributed by atoms with Gasteiger partial charge in [-0.25, -0.2) is 13.4 Å². The first-order valence-corrected chi connectivity index (χ1v) is 10.5. The van der Waals surface area contributed by atoms with Gasteiger partial charge in [-0.15, -0.1) is 0 Å². The Morgan fingerprint density at radius 3 is 2.21 bits per heavy atom. The second-order valence-electron chi connectivity index (χ2n) is 6.99. The van der Waals surface area contributed by atoms with Crippen LogP contribution in [0.4, 0.5) is 0 Å². The van der Waals surface area contributed by atoms with Crippen molar-refractivity contribution in [2.75, 3.05) is 32.8 Å². The highest BCUT2D eigenvalue weighted by molar-refractivity contribution is 7.89. The highest BCUT2D eigenvalue weighted by atomic mass is 32.2. The van der Waals surface area contributed by atoms with Gasteiger partial charge in [0.25, 0.3) is 10.0 Å². The van der Waals surface area contributed by atoms with Crippen molar-refractivity contribution in [2.45, 2.75) is 10.9 Å². The van der Waals surface area contributed by atoms with Gasteiger partial charge in [0, 0.05) is 32.4 Å². The fourth-order valence-corrected chi connectivity index (χ4v) is 5.10. The maximum absolute atomic E-state index is 12.9. The molecule has 0 bridgehead atoms. The summed E-state index contributed by atoms with van der Waals surface area (Å²) < 4.78 is 26.9. The number of benzene rings is 1. The molecule has 4 rings (SSSR count). The first-order chi connectivity index (χ1) is 13.5. The highest BCUT2D eigenvalue weighted by Crippen LogP contribution is 2.31. The summed E-state index contributed by atoms with van der Waals surface area (Å²) in [6, 6.07) is 14.0. The van der Waals surface area contributed by atoms with E-state index in [0.717, 1.165) is 16.7 Å². The van der Waals surface area contributed by atoms with Crippen LogP contribution in [-0.4, -0.2) is 66.4 Å². The topological polar surface area (TPSA) is 90.8 Å². The number of sulfonamides is 1. The quantitative estimate of drug-likeness (QED) is 0.758. The van der Waals surface area contributed by atoms with Crippen LogP contribution in [0.2, 0.25) is 0 Å². The summed E-state index contributed by atoms with van der Waals surface area (Å²) in [7, 11) is -3.65. The van der Waals surface area contributed by atoms with E-state index in [1.54, 1.807) is 17.0 Å². The molecule has 0 unspecified atom stereocenters. The minimum atomic E-state index is -3.65. The number of hydrogen-bond donors (Lipinski definition) is 1. The largest absolute Gasteiger partial charge is 0.395 e. The van der Waals surface area contributed by atoms with Crippen molar-refractivity contribution in [1.29, 1.82) is 0 Å². The molecule has 1 aromatic heterocycles. The molecule has 0 fully saturated rings. The Bertz CT molecular complexity index is 988. The molecule has 1 aromatic carbocycles. The molecule has 1 atom stereocenters. The minimum Gasteiger partial charge on any atom is -0.395 e. The monoisotopic (exact) mass is 399 g/mol. The van der Waals surface area contributed by atoms with Crippen LogP contribution in [0.5, 0.6) is 0 Å². The zero-order valence-corrected chi connectivity index (χ0v) is 16.0. The van der Waals surface area contributed by atoms with Gasteiger partial charge in [0.2, 0.25) is 5.91 Å². The molecule has 0 saturated heterocycles. The number of nitrogens with zero attached hydrogens (tertiary/aromatic N) is 3. The van der Waals surface area contributed by atoms with Crippen LogP contribution < -0.4 is 0 Å². The molecule has 7 nitrogen and oxygen atoms in total. The van der Waals surface area contributed by atoms with Crippen molar-refractivity contribution in [2.24, 2.45) is 0 Å². The van der Waals surface area contributed by atoms with Crippen molar-refractivity contribution in [3.8, 4) is 0 Å². The van der Waals surface area contributed by atoms with E-state index in [1.165, 1.54) is 16.6 Å². The van der Waals surface area contributed by atoms with Gasteiger partial charge in [-0.3, -0.25) is 4.79 Å². The minimum absolute atomic E-state index is 0.0357. The normalized spacial score (nSPS) is 18.4. The summed E-state index contributed by atoms with van der Waals surface area (Å²) in [5.74, 6) is -0.739. The number of carbonyl (C=O) groups excluding carboxylic acids is 1. The molecule has 8 heteroatoms. The van der Waals surface area contributed by atoms with Gasteiger partial charge in [-0.2, -0.15) is 4.31 Å². The molecule has 3 heterocycles. The number of carbonyl (C=O) groups is 1. The van der Waals surface area contributed by atoms with Crippen LogP contribution in [0, 0.1) is 0 Å². The van der Waals surface area contributed by atoms with Crippen LogP contribution in [0.3, 0.4) is 0 Å². The fraction of sp³-hybridized carbons (Fsp3) is 0.300. The van der Waals surface area contributed by atoms with E-state index in [9.17, 15) is 18.3 Å². The predicted octanol–water partition coefficient (Wildman–Crippen LogP) is 1.00. The van der Waals surface area contributed by atoms with Crippen LogP contribution >= 0.6 is 0 Å². The van der Waals surface area contributed by atoms with Crippen LogP contribution in [-0.2, 0) is 14.8 Å². The number of pyridine rings is 1. The van der Waals surface area contributed by atoms with Crippen molar-refractivity contribution < 1.29 is 18.3 Å². The van der Waals surface area contributed by atoms with Crippen molar-refractivity contribution in [3.05, 3.63) is 71.4 Å². The summed E-state index contributed by atoms with van der Waals surface area (Å²) in [4.78, 5) is 18.6. The molecule has 0 spiro atoms. The summed E-state index contributed by atoms with van der Waals surface area (Å²) in [5.41, 5.74) is 2.69. The average Bonchev–Trinajstić information content (AvgIpc) is 3.30. The second kappa shape index (κ2) is 7.46. The Morgan fingerprint density at radius 2 is 1.64 bits per heavy atom. The molecule has 0 aliphatic carbocycles. The molecule has 2 aromatic rings. The van der Waals surface area contributed by atoms with E-state index in [-0.39, 0.29) is 30.6 Å². The van der Waals surface area contributed by atoms with Gasteiger partial charge >= 0.3 is 0 Å². The Morgan fingerprint density at radius 1 is 1.00 bits per heavy atom. The van der Waals surface area contributed by atoms with Gasteiger partial charge in [0.1, 0.15) is 0 Å². The molecule has 1 N–H and O–H groups in total. The molecule has 2 aliphatic rings. The number of hydrogen-bond acceptors (Lipinski definition) is 5. The average molecular weight is 399 g/mol. The van der Waals surface area contributed by atoms with Crippen molar-refractivity contribution >= 4 is 15.9 Å². The Kier molecular flexibility index (Phi) is 5.01. The van der Waals surface area contributed by atoms with Gasteiger partial charge < -0.3 is 10.0 Å². The van der Waals surface area contributed by atoms with Gasteiger partial charge in [0.05, 0.1) is 12.5 Å². The van der Waals surface area contributed by atoms with E-state index >= 15 is 0 Å². The van der Waals surface area contributed by atoms with Crippen LogP contribution in [0.15, 0.2) is 70.9 Å². The third kappa shape index (κ3) is 3.34. The first-order valence-electron chi connectivity index (χ1n) is 9.06. The number of aromatic nitrogens is 1. The molecule has 2 aliphatic heterocycles. The molecular formula is C20H21N3O4S. The van der Waals surface area contributed by atoms with Gasteiger partial charge in [-0.1, -0.05) is 36.4 Å². The lowest BCUT2D eigenvalue weighted by Gasteiger charge is -2.25. The third-order valence-corrected chi connectivity index (χ3v) is 6.94.